The van der Waals surface area contributed by atoms with Crippen molar-refractivity contribution >= 4 is 23.9 Å². The molecular weight excluding hydrogens is 592 g/mol. The van der Waals surface area contributed by atoms with Crippen LogP contribution in [0.1, 0.15) is 113 Å². The van der Waals surface area contributed by atoms with Crippen molar-refractivity contribution in [3.05, 3.63) is 11.6 Å². The fourth-order valence-electron chi connectivity index (χ4n) is 12.0. The first-order chi connectivity index (χ1) is 21.1. The van der Waals surface area contributed by atoms with Crippen LogP contribution in [0.2, 0.25) is 0 Å². The Labute approximate surface area is 272 Å². The van der Waals surface area contributed by atoms with Gasteiger partial charge in [-0.2, -0.15) is 0 Å². The molecule has 10 heteroatoms. The number of hydrogen-bond donors (Lipinski definition) is 5. The van der Waals surface area contributed by atoms with Crippen molar-refractivity contribution < 1.29 is 49.4 Å². The second-order valence-electron chi connectivity index (χ2n) is 17.1. The van der Waals surface area contributed by atoms with Crippen LogP contribution >= 0.6 is 0 Å². The van der Waals surface area contributed by atoms with Gasteiger partial charge in [-0.05, 0) is 104 Å². The van der Waals surface area contributed by atoms with Gasteiger partial charge in [0.15, 0.2) is 6.10 Å². The van der Waals surface area contributed by atoms with Crippen molar-refractivity contribution in [2.75, 3.05) is 0 Å². The smallest absolute Gasteiger partial charge is 0.339 e. The van der Waals surface area contributed by atoms with E-state index in [2.05, 4.69) is 54.5 Å². The molecule has 258 valence electrons. The number of ether oxygens (including phenoxy) is 1. The predicted molar refractivity (Wildman–Crippen MR) is 167 cm³/mol. The van der Waals surface area contributed by atoms with Gasteiger partial charge in [-0.15, -0.1) is 0 Å². The van der Waals surface area contributed by atoms with Crippen LogP contribution in [0, 0.1) is 56.7 Å². The van der Waals surface area contributed by atoms with Crippen molar-refractivity contribution in [2.45, 2.75) is 130 Å². The summed E-state index contributed by atoms with van der Waals surface area (Å²) in [7, 11) is 0. The van der Waals surface area contributed by atoms with E-state index in [1.54, 1.807) is 0 Å². The van der Waals surface area contributed by atoms with E-state index >= 15 is 0 Å². The average molecular weight is 647 g/mol. The van der Waals surface area contributed by atoms with E-state index < -0.39 is 58.9 Å². The van der Waals surface area contributed by atoms with Gasteiger partial charge < -0.3 is 30.3 Å². The molecule has 0 heterocycles. The van der Waals surface area contributed by atoms with Gasteiger partial charge in [-0.25, -0.2) is 9.59 Å². The van der Waals surface area contributed by atoms with Crippen LogP contribution in [0.4, 0.5) is 0 Å². The largest absolute Gasteiger partial charge is 0.481 e. The van der Waals surface area contributed by atoms with Gasteiger partial charge in [0, 0.05) is 5.41 Å². The topological polar surface area (TPSA) is 179 Å². The molecule has 5 aliphatic rings. The Kier molecular flexibility index (Phi) is 8.37. The van der Waals surface area contributed by atoms with Gasteiger partial charge in [0.2, 0.25) is 5.60 Å². The number of hydrogen-bond acceptors (Lipinski definition) is 7. The second kappa shape index (κ2) is 11.0. The van der Waals surface area contributed by atoms with Crippen LogP contribution in [0.25, 0.3) is 0 Å². The first kappa shape index (κ1) is 34.9. The Bertz CT molecular complexity index is 1340. The van der Waals surface area contributed by atoms with E-state index in [0.717, 1.165) is 44.9 Å². The van der Waals surface area contributed by atoms with E-state index in [1.807, 2.05) is 0 Å². The number of rotatable bonds is 7. The Balaban J connectivity index is 1.43. The quantitative estimate of drug-likeness (QED) is 0.180. The summed E-state index contributed by atoms with van der Waals surface area (Å²) in [5, 5.41) is 49.5. The molecule has 0 aromatic carbocycles. The van der Waals surface area contributed by atoms with E-state index in [0.29, 0.717) is 30.6 Å². The lowest BCUT2D eigenvalue weighted by molar-refractivity contribution is -0.217. The predicted octanol–water partition coefficient (Wildman–Crippen LogP) is 5.29. The maximum atomic E-state index is 13.0. The zero-order chi connectivity index (χ0) is 34.4. The Hall–Kier alpha value is -2.46. The molecule has 4 fully saturated rings. The number of aliphatic carboxylic acids is 3. The molecule has 0 radical (unpaired) electrons. The molecule has 5 N–H and O–H groups in total. The third-order valence-electron chi connectivity index (χ3n) is 15.1. The number of allylic oxidation sites excluding steroid dienone is 2. The molecule has 0 aliphatic heterocycles. The molecule has 10 nitrogen and oxygen atoms in total. The molecule has 4 saturated carbocycles. The number of aliphatic hydroxyl groups excluding tert-OH is 1. The molecule has 0 saturated heterocycles. The van der Waals surface area contributed by atoms with Crippen LogP contribution in [0.3, 0.4) is 0 Å². The third-order valence-corrected chi connectivity index (χ3v) is 15.1. The summed E-state index contributed by atoms with van der Waals surface area (Å²) >= 11 is 0. The average Bonchev–Trinajstić information content (AvgIpc) is 2.96. The Morgan fingerprint density at radius 3 is 2.15 bits per heavy atom. The molecule has 0 aromatic rings. The van der Waals surface area contributed by atoms with Crippen LogP contribution in [0.5, 0.6) is 0 Å². The molecule has 0 bridgehead atoms. The number of fused-ring (bicyclic) bond motifs is 7. The third kappa shape index (κ3) is 4.62. The van der Waals surface area contributed by atoms with Gasteiger partial charge in [0.1, 0.15) is 6.10 Å². The van der Waals surface area contributed by atoms with E-state index in [4.69, 9.17) is 9.84 Å². The normalized spacial score (nSPS) is 44.8. The highest BCUT2D eigenvalue weighted by atomic mass is 16.5. The van der Waals surface area contributed by atoms with Crippen LogP contribution in [-0.2, 0) is 23.9 Å². The van der Waals surface area contributed by atoms with Gasteiger partial charge in [0.05, 0.1) is 11.8 Å². The maximum absolute atomic E-state index is 13.0. The molecule has 46 heavy (non-hydrogen) atoms. The molecule has 0 spiro atoms. The number of carbonyl (C=O) groups is 4. The zero-order valence-corrected chi connectivity index (χ0v) is 28.5. The number of carboxylic acid groups (broad SMARTS) is 3. The lowest BCUT2D eigenvalue weighted by Crippen LogP contribution is -2.65. The summed E-state index contributed by atoms with van der Waals surface area (Å²) in [6.45, 7) is 15.9. The molecule has 0 aromatic heterocycles. The van der Waals surface area contributed by atoms with Gasteiger partial charge in [0.25, 0.3) is 0 Å². The van der Waals surface area contributed by atoms with Crippen LogP contribution < -0.4 is 0 Å². The molecule has 12 atom stereocenters. The lowest BCUT2D eigenvalue weighted by Gasteiger charge is -2.71. The van der Waals surface area contributed by atoms with Crippen molar-refractivity contribution in [1.82, 2.24) is 0 Å². The highest BCUT2D eigenvalue weighted by Crippen LogP contribution is 2.75. The highest BCUT2D eigenvalue weighted by molar-refractivity contribution is 5.91. The standard InChI is InChI=1S/C36H54O10/c1-19-10-15-35(29(41)42)17-16-33(6)21(26(35)20(19)2)8-9-23-32(5)13-12-24(31(3,4)22(32)11-14-34(23,33)7)46-25(37)18-36(45,30(43)44)27(38)28(39)40/h8,19-20,22-24,26-27,38,45H,9-18H2,1-7H3,(H,39,40)(H,41,42)(H,43,44)/t19-,20+,22+,23-,24+,26+,27?,32+,33-,34-,35+,36?/m1/s1. The van der Waals surface area contributed by atoms with E-state index in [1.165, 1.54) is 5.57 Å². The summed E-state index contributed by atoms with van der Waals surface area (Å²) in [6, 6.07) is 0. The van der Waals surface area contributed by atoms with Gasteiger partial charge in [-0.3, -0.25) is 9.59 Å². The Morgan fingerprint density at radius 1 is 0.913 bits per heavy atom. The number of carbonyl (C=O) groups excluding carboxylic acids is 1. The second-order valence-corrected chi connectivity index (χ2v) is 17.1. The first-order valence-electron chi connectivity index (χ1n) is 17.1. The monoisotopic (exact) mass is 646 g/mol. The van der Waals surface area contributed by atoms with Crippen LogP contribution in [0.15, 0.2) is 11.6 Å². The highest BCUT2D eigenvalue weighted by Gasteiger charge is 2.70. The molecule has 5 rings (SSSR count). The van der Waals surface area contributed by atoms with E-state index in [-0.39, 0.29) is 28.1 Å². The summed E-state index contributed by atoms with van der Waals surface area (Å²) in [5.74, 6) is -4.37. The van der Waals surface area contributed by atoms with Gasteiger partial charge in [-0.1, -0.05) is 60.1 Å². The number of esters is 1. The number of carboxylic acids is 3. The zero-order valence-electron chi connectivity index (χ0n) is 28.5. The SMILES string of the molecule is C[C@H]1[C@H](C)CC[C@]2(C(=O)O)CC[C@]3(C)C(=CC[C@@H]4[C@@]5(C)CC[C@H](OC(=O)CC(O)(C(=O)O)C(O)C(=O)O)C(C)(C)[C@@H]5CC[C@]43C)[C@H]12. The van der Waals surface area contributed by atoms with Crippen LogP contribution in [-0.4, -0.2) is 67.2 Å². The minimum atomic E-state index is -3.21. The lowest BCUT2D eigenvalue weighted by atomic mass is 9.33. The fourth-order valence-corrected chi connectivity index (χ4v) is 12.0. The molecule has 2 unspecified atom stereocenters. The minimum absolute atomic E-state index is 0.0338. The molecule has 0 amide bonds. The first-order valence-corrected chi connectivity index (χ1v) is 17.1. The summed E-state index contributed by atoms with van der Waals surface area (Å²) in [4.78, 5) is 48.9. The van der Waals surface area contributed by atoms with Crippen molar-refractivity contribution in [1.29, 1.82) is 0 Å². The van der Waals surface area contributed by atoms with Crippen molar-refractivity contribution in [3.8, 4) is 0 Å². The number of aliphatic hydroxyl groups is 2. The summed E-state index contributed by atoms with van der Waals surface area (Å²) < 4.78 is 5.82. The minimum Gasteiger partial charge on any atom is -0.481 e. The van der Waals surface area contributed by atoms with Gasteiger partial charge >= 0.3 is 23.9 Å². The Morgan fingerprint density at radius 2 is 1.57 bits per heavy atom. The van der Waals surface area contributed by atoms with Crippen molar-refractivity contribution in [3.63, 3.8) is 0 Å². The fraction of sp³-hybridized carbons (Fsp3) is 0.833. The summed E-state index contributed by atoms with van der Waals surface area (Å²) in [6.07, 6.45) is 5.23. The molecule has 5 aliphatic carbocycles. The van der Waals surface area contributed by atoms with Crippen molar-refractivity contribution in [2.24, 2.45) is 56.7 Å². The maximum Gasteiger partial charge on any atom is 0.339 e. The molecular formula is C36H54O10. The summed E-state index contributed by atoms with van der Waals surface area (Å²) in [5.41, 5.74) is -3.30. The van der Waals surface area contributed by atoms with E-state index in [9.17, 15) is 39.6 Å².